The Morgan fingerprint density at radius 1 is 1.35 bits per heavy atom. The van der Waals surface area contributed by atoms with Crippen molar-refractivity contribution in [1.29, 1.82) is 0 Å². The number of aromatic amines is 1. The Labute approximate surface area is 132 Å². The number of amides is 1. The SMILES string of the molecule is Cc1ccnc(CNC(=O)c2cc(C)nc3c2c(=O)[nH]n3C)c1. The molecule has 23 heavy (non-hydrogen) atoms. The van der Waals surface area contributed by atoms with Crippen molar-refractivity contribution in [3.63, 3.8) is 0 Å². The molecule has 0 saturated carbocycles. The first-order valence-corrected chi connectivity index (χ1v) is 7.22. The van der Waals surface area contributed by atoms with E-state index in [0.29, 0.717) is 28.8 Å². The molecule has 2 N–H and O–H groups in total. The third-order valence-electron chi connectivity index (χ3n) is 3.59. The van der Waals surface area contributed by atoms with Gasteiger partial charge in [-0.3, -0.25) is 24.4 Å². The summed E-state index contributed by atoms with van der Waals surface area (Å²) < 4.78 is 1.52. The number of carbonyl (C=O) groups excluding carboxylic acids is 1. The van der Waals surface area contributed by atoms with Crippen LogP contribution in [0.3, 0.4) is 0 Å². The normalized spacial score (nSPS) is 10.9. The van der Waals surface area contributed by atoms with Crippen molar-refractivity contribution in [2.24, 2.45) is 7.05 Å². The van der Waals surface area contributed by atoms with Crippen LogP contribution in [0.1, 0.15) is 27.3 Å². The summed E-state index contributed by atoms with van der Waals surface area (Å²) in [5.41, 5.74) is 2.98. The van der Waals surface area contributed by atoms with E-state index in [0.717, 1.165) is 11.3 Å². The lowest BCUT2D eigenvalue weighted by atomic mass is 10.1. The van der Waals surface area contributed by atoms with Crippen LogP contribution in [0.25, 0.3) is 11.0 Å². The minimum atomic E-state index is -0.325. The predicted molar refractivity (Wildman–Crippen MR) is 86.2 cm³/mol. The van der Waals surface area contributed by atoms with Crippen molar-refractivity contribution in [2.45, 2.75) is 20.4 Å². The van der Waals surface area contributed by atoms with E-state index in [-0.39, 0.29) is 11.5 Å². The van der Waals surface area contributed by atoms with Crippen molar-refractivity contribution in [3.05, 3.63) is 57.3 Å². The number of H-pyrrole nitrogens is 1. The number of hydrogen-bond acceptors (Lipinski definition) is 4. The number of hydrogen-bond donors (Lipinski definition) is 2. The van der Waals surface area contributed by atoms with Crippen LogP contribution < -0.4 is 10.9 Å². The van der Waals surface area contributed by atoms with Gasteiger partial charge in [-0.25, -0.2) is 4.98 Å². The van der Waals surface area contributed by atoms with Crippen LogP contribution in [0.15, 0.2) is 29.2 Å². The fourth-order valence-corrected chi connectivity index (χ4v) is 2.53. The molecule has 0 bridgehead atoms. The van der Waals surface area contributed by atoms with Gasteiger partial charge in [0.25, 0.3) is 11.5 Å². The third-order valence-corrected chi connectivity index (χ3v) is 3.59. The highest BCUT2D eigenvalue weighted by Gasteiger charge is 2.17. The maximum atomic E-state index is 12.5. The topological polar surface area (TPSA) is 92.7 Å². The van der Waals surface area contributed by atoms with Gasteiger partial charge in [-0.1, -0.05) is 0 Å². The van der Waals surface area contributed by atoms with Gasteiger partial charge in [-0.15, -0.1) is 0 Å². The molecule has 0 unspecified atom stereocenters. The minimum absolute atomic E-state index is 0.299. The molecule has 118 valence electrons. The van der Waals surface area contributed by atoms with Crippen LogP contribution in [0, 0.1) is 13.8 Å². The van der Waals surface area contributed by atoms with E-state index < -0.39 is 0 Å². The lowest BCUT2D eigenvalue weighted by molar-refractivity contribution is 0.0952. The molecule has 0 aromatic carbocycles. The molecule has 3 aromatic rings. The van der Waals surface area contributed by atoms with Crippen molar-refractivity contribution in [2.75, 3.05) is 0 Å². The van der Waals surface area contributed by atoms with Gasteiger partial charge in [0.05, 0.1) is 23.2 Å². The van der Waals surface area contributed by atoms with Crippen molar-refractivity contribution in [3.8, 4) is 0 Å². The van der Waals surface area contributed by atoms with Gasteiger partial charge in [-0.2, -0.15) is 0 Å². The Morgan fingerprint density at radius 2 is 2.13 bits per heavy atom. The minimum Gasteiger partial charge on any atom is -0.346 e. The molecule has 0 aliphatic carbocycles. The zero-order valence-electron chi connectivity index (χ0n) is 13.2. The van der Waals surface area contributed by atoms with E-state index >= 15 is 0 Å². The first-order valence-electron chi connectivity index (χ1n) is 7.22. The third kappa shape index (κ3) is 2.85. The van der Waals surface area contributed by atoms with Crippen LogP contribution in [-0.2, 0) is 13.6 Å². The summed E-state index contributed by atoms with van der Waals surface area (Å²) in [6.45, 7) is 4.05. The monoisotopic (exact) mass is 311 g/mol. The molecule has 0 radical (unpaired) electrons. The number of fused-ring (bicyclic) bond motifs is 1. The summed E-state index contributed by atoms with van der Waals surface area (Å²) in [7, 11) is 1.69. The molecule has 3 rings (SSSR count). The number of aromatic nitrogens is 4. The average molecular weight is 311 g/mol. The predicted octanol–water partition coefficient (Wildman–Crippen LogP) is 1.20. The number of nitrogens with one attached hydrogen (secondary N) is 2. The number of carbonyl (C=O) groups is 1. The molecule has 0 spiro atoms. The van der Waals surface area contributed by atoms with Gasteiger partial charge < -0.3 is 5.32 Å². The van der Waals surface area contributed by atoms with Crippen LogP contribution >= 0.6 is 0 Å². The summed E-state index contributed by atoms with van der Waals surface area (Å²) in [4.78, 5) is 33.1. The molecule has 0 atom stereocenters. The Balaban J connectivity index is 1.93. The van der Waals surface area contributed by atoms with Gasteiger partial charge in [0.2, 0.25) is 0 Å². The van der Waals surface area contributed by atoms with Crippen LogP contribution in [0.5, 0.6) is 0 Å². The molecule has 3 heterocycles. The van der Waals surface area contributed by atoms with E-state index in [1.807, 2.05) is 19.1 Å². The van der Waals surface area contributed by atoms with Crippen LogP contribution in [0.2, 0.25) is 0 Å². The zero-order valence-corrected chi connectivity index (χ0v) is 13.2. The summed E-state index contributed by atoms with van der Waals surface area (Å²) in [5.74, 6) is -0.319. The van der Waals surface area contributed by atoms with Gasteiger partial charge in [0.1, 0.15) is 0 Å². The highest BCUT2D eigenvalue weighted by atomic mass is 16.2. The second-order valence-corrected chi connectivity index (χ2v) is 5.52. The van der Waals surface area contributed by atoms with Gasteiger partial charge >= 0.3 is 0 Å². The maximum Gasteiger partial charge on any atom is 0.274 e. The van der Waals surface area contributed by atoms with Gasteiger partial charge in [-0.05, 0) is 37.6 Å². The standard InChI is InChI=1S/C16H17N5O2/c1-9-4-5-17-11(6-9)8-18-15(22)12-7-10(2)19-14-13(12)16(23)20-21(14)3/h4-7H,8H2,1-3H3,(H,18,22)(H,20,23). The summed E-state index contributed by atoms with van der Waals surface area (Å²) in [6, 6.07) is 5.42. The number of nitrogens with zero attached hydrogens (tertiary/aromatic N) is 3. The van der Waals surface area contributed by atoms with E-state index in [1.165, 1.54) is 4.68 Å². The second-order valence-electron chi connectivity index (χ2n) is 5.52. The van der Waals surface area contributed by atoms with Crippen molar-refractivity contribution in [1.82, 2.24) is 25.1 Å². The molecule has 1 amide bonds. The summed E-state index contributed by atoms with van der Waals surface area (Å²) in [6.07, 6.45) is 1.70. The van der Waals surface area contributed by atoms with Crippen LogP contribution in [0.4, 0.5) is 0 Å². The molecule has 0 saturated heterocycles. The maximum absolute atomic E-state index is 12.5. The highest BCUT2D eigenvalue weighted by molar-refractivity contribution is 6.05. The lowest BCUT2D eigenvalue weighted by Crippen LogP contribution is -2.24. The highest BCUT2D eigenvalue weighted by Crippen LogP contribution is 2.14. The van der Waals surface area contributed by atoms with E-state index in [9.17, 15) is 9.59 Å². The summed E-state index contributed by atoms with van der Waals surface area (Å²) >= 11 is 0. The smallest absolute Gasteiger partial charge is 0.274 e. The van der Waals surface area contributed by atoms with Crippen LogP contribution in [-0.4, -0.2) is 25.7 Å². The van der Waals surface area contributed by atoms with Crippen molar-refractivity contribution < 1.29 is 4.79 Å². The fourth-order valence-electron chi connectivity index (χ4n) is 2.53. The van der Waals surface area contributed by atoms with E-state index in [1.54, 1.807) is 26.2 Å². The largest absolute Gasteiger partial charge is 0.346 e. The lowest BCUT2D eigenvalue weighted by Gasteiger charge is -2.07. The van der Waals surface area contributed by atoms with Crippen molar-refractivity contribution >= 4 is 16.9 Å². The molecule has 0 aliphatic rings. The molecule has 0 fully saturated rings. The number of aryl methyl sites for hydroxylation is 3. The Morgan fingerprint density at radius 3 is 2.87 bits per heavy atom. The second kappa shape index (κ2) is 5.68. The zero-order chi connectivity index (χ0) is 16.6. The van der Waals surface area contributed by atoms with E-state index in [2.05, 4.69) is 20.4 Å². The molecule has 3 aromatic heterocycles. The van der Waals surface area contributed by atoms with Gasteiger partial charge in [0, 0.05) is 18.9 Å². The number of pyridine rings is 2. The molecular formula is C16H17N5O2. The Hall–Kier alpha value is -2.96. The van der Waals surface area contributed by atoms with Gasteiger partial charge in [0.15, 0.2) is 5.65 Å². The first kappa shape index (κ1) is 15.0. The quantitative estimate of drug-likeness (QED) is 0.760. The average Bonchev–Trinajstić information content (AvgIpc) is 2.79. The Bertz CT molecular complexity index is 955. The first-order chi connectivity index (χ1) is 11.0. The fraction of sp³-hybridized carbons (Fsp3) is 0.250. The number of rotatable bonds is 3. The molecular weight excluding hydrogens is 294 g/mol. The molecule has 7 heteroatoms. The molecule has 7 nitrogen and oxygen atoms in total. The summed E-state index contributed by atoms with van der Waals surface area (Å²) in [5, 5.41) is 5.73. The molecule has 0 aliphatic heterocycles. The Kier molecular flexibility index (Phi) is 3.69. The van der Waals surface area contributed by atoms with E-state index in [4.69, 9.17) is 0 Å².